The summed E-state index contributed by atoms with van der Waals surface area (Å²) in [5, 5.41) is 0. The Morgan fingerprint density at radius 1 is 1.12 bits per heavy atom. The molecule has 5 heteroatoms. The predicted molar refractivity (Wildman–Crippen MR) is 90.9 cm³/mol. The average Bonchev–Trinajstić information content (AvgIpc) is 2.60. The van der Waals surface area contributed by atoms with Crippen LogP contribution in [0.25, 0.3) is 0 Å². The fourth-order valence-corrected chi connectivity index (χ4v) is 2.87. The SMILES string of the molecule is C[C@@H]1CN(C(=O)c2ccc(OCc3ccncc3)cc2)C[C@H](C)O1. The van der Waals surface area contributed by atoms with Crippen molar-refractivity contribution in [3.8, 4) is 5.75 Å². The molecule has 1 aromatic heterocycles. The summed E-state index contributed by atoms with van der Waals surface area (Å²) in [7, 11) is 0. The zero-order valence-corrected chi connectivity index (χ0v) is 14.0. The largest absolute Gasteiger partial charge is 0.489 e. The number of morpholine rings is 1. The molecule has 1 fully saturated rings. The van der Waals surface area contributed by atoms with Crippen LogP contribution in [0.1, 0.15) is 29.8 Å². The van der Waals surface area contributed by atoms with Crippen LogP contribution in [-0.4, -0.2) is 41.1 Å². The lowest BCUT2D eigenvalue weighted by Crippen LogP contribution is -2.48. The molecule has 0 saturated carbocycles. The zero-order chi connectivity index (χ0) is 16.9. The molecular weight excluding hydrogens is 304 g/mol. The van der Waals surface area contributed by atoms with Crippen LogP contribution < -0.4 is 4.74 Å². The van der Waals surface area contributed by atoms with Crippen LogP contribution in [0, 0.1) is 0 Å². The van der Waals surface area contributed by atoms with Gasteiger partial charge in [0.15, 0.2) is 0 Å². The van der Waals surface area contributed by atoms with Crippen molar-refractivity contribution in [1.82, 2.24) is 9.88 Å². The highest BCUT2D eigenvalue weighted by atomic mass is 16.5. The lowest BCUT2D eigenvalue weighted by molar-refractivity contribution is -0.0586. The molecule has 0 bridgehead atoms. The van der Waals surface area contributed by atoms with Gasteiger partial charge < -0.3 is 14.4 Å². The van der Waals surface area contributed by atoms with Gasteiger partial charge in [-0.3, -0.25) is 9.78 Å². The van der Waals surface area contributed by atoms with Gasteiger partial charge in [-0.2, -0.15) is 0 Å². The average molecular weight is 326 g/mol. The maximum Gasteiger partial charge on any atom is 0.254 e. The number of carbonyl (C=O) groups is 1. The van der Waals surface area contributed by atoms with Crippen molar-refractivity contribution in [3.63, 3.8) is 0 Å². The fraction of sp³-hybridized carbons (Fsp3) is 0.368. The summed E-state index contributed by atoms with van der Waals surface area (Å²) < 4.78 is 11.4. The number of carbonyl (C=O) groups excluding carboxylic acids is 1. The molecule has 0 aliphatic carbocycles. The maximum atomic E-state index is 12.6. The first-order valence-corrected chi connectivity index (χ1v) is 8.18. The Bertz CT molecular complexity index is 663. The van der Waals surface area contributed by atoms with Gasteiger partial charge >= 0.3 is 0 Å². The van der Waals surface area contributed by atoms with E-state index in [4.69, 9.17) is 9.47 Å². The van der Waals surface area contributed by atoms with Gasteiger partial charge in [0.25, 0.3) is 5.91 Å². The molecule has 3 rings (SSSR count). The van der Waals surface area contributed by atoms with Gasteiger partial charge in [0.05, 0.1) is 12.2 Å². The first kappa shape index (κ1) is 16.5. The highest BCUT2D eigenvalue weighted by molar-refractivity contribution is 5.94. The molecule has 5 nitrogen and oxygen atoms in total. The van der Waals surface area contributed by atoms with Crippen molar-refractivity contribution < 1.29 is 14.3 Å². The fourth-order valence-electron chi connectivity index (χ4n) is 2.87. The van der Waals surface area contributed by atoms with Crippen molar-refractivity contribution in [2.45, 2.75) is 32.7 Å². The van der Waals surface area contributed by atoms with E-state index in [9.17, 15) is 4.79 Å². The quantitative estimate of drug-likeness (QED) is 0.867. The van der Waals surface area contributed by atoms with Crippen molar-refractivity contribution >= 4 is 5.91 Å². The molecule has 2 aromatic rings. The molecule has 1 aliphatic heterocycles. The minimum atomic E-state index is 0.0395. The van der Waals surface area contributed by atoms with E-state index < -0.39 is 0 Å². The topological polar surface area (TPSA) is 51.7 Å². The summed E-state index contributed by atoms with van der Waals surface area (Å²) in [6.45, 7) is 5.72. The Morgan fingerprint density at radius 2 is 1.75 bits per heavy atom. The number of nitrogens with zero attached hydrogens (tertiary/aromatic N) is 2. The third-order valence-corrected chi connectivity index (χ3v) is 3.96. The standard InChI is InChI=1S/C19H22N2O3/c1-14-11-21(12-15(2)24-14)19(22)17-3-5-18(6-4-17)23-13-16-7-9-20-10-8-16/h3-10,14-15H,11-13H2,1-2H3/t14-,15+. The van der Waals surface area contributed by atoms with E-state index in [2.05, 4.69) is 4.98 Å². The predicted octanol–water partition coefficient (Wildman–Crippen LogP) is 2.91. The molecule has 24 heavy (non-hydrogen) atoms. The summed E-state index contributed by atoms with van der Waals surface area (Å²) in [6, 6.07) is 11.1. The minimum Gasteiger partial charge on any atom is -0.489 e. The molecule has 1 aromatic carbocycles. The molecule has 1 amide bonds. The van der Waals surface area contributed by atoms with Gasteiger partial charge in [-0.1, -0.05) is 0 Å². The maximum absolute atomic E-state index is 12.6. The van der Waals surface area contributed by atoms with Crippen LogP contribution in [0.2, 0.25) is 0 Å². The summed E-state index contributed by atoms with van der Waals surface area (Å²) >= 11 is 0. The van der Waals surface area contributed by atoms with Crippen LogP contribution in [0.5, 0.6) is 5.75 Å². The van der Waals surface area contributed by atoms with Crippen LogP contribution >= 0.6 is 0 Å². The lowest BCUT2D eigenvalue weighted by atomic mass is 10.1. The number of pyridine rings is 1. The second kappa shape index (κ2) is 7.45. The molecule has 1 aliphatic rings. The van der Waals surface area contributed by atoms with Crippen LogP contribution in [0.4, 0.5) is 0 Å². The summed E-state index contributed by atoms with van der Waals surface area (Å²) in [4.78, 5) is 18.4. The third-order valence-electron chi connectivity index (χ3n) is 3.96. The number of aromatic nitrogens is 1. The Morgan fingerprint density at radius 3 is 2.38 bits per heavy atom. The van der Waals surface area contributed by atoms with Crippen LogP contribution in [-0.2, 0) is 11.3 Å². The highest BCUT2D eigenvalue weighted by Crippen LogP contribution is 2.18. The molecule has 0 unspecified atom stereocenters. The number of ether oxygens (including phenoxy) is 2. The number of hydrogen-bond acceptors (Lipinski definition) is 4. The van der Waals surface area contributed by atoms with Gasteiger partial charge in [-0.05, 0) is 55.8 Å². The molecule has 0 radical (unpaired) electrons. The van der Waals surface area contributed by atoms with Crippen molar-refractivity contribution in [3.05, 3.63) is 59.9 Å². The first-order valence-electron chi connectivity index (χ1n) is 8.18. The van der Waals surface area contributed by atoms with Crippen molar-refractivity contribution in [2.24, 2.45) is 0 Å². The molecule has 0 N–H and O–H groups in total. The molecule has 126 valence electrons. The normalized spacial score (nSPS) is 20.7. The Balaban J connectivity index is 1.60. The smallest absolute Gasteiger partial charge is 0.254 e. The molecular formula is C19H22N2O3. The van der Waals surface area contributed by atoms with E-state index in [1.807, 2.05) is 55.1 Å². The van der Waals surface area contributed by atoms with E-state index in [0.29, 0.717) is 25.3 Å². The zero-order valence-electron chi connectivity index (χ0n) is 14.0. The van der Waals surface area contributed by atoms with Gasteiger partial charge in [0, 0.05) is 31.0 Å². The minimum absolute atomic E-state index is 0.0395. The van der Waals surface area contributed by atoms with Crippen LogP contribution in [0.15, 0.2) is 48.8 Å². The van der Waals surface area contributed by atoms with Crippen LogP contribution in [0.3, 0.4) is 0 Å². The monoisotopic (exact) mass is 326 g/mol. The van der Waals surface area contributed by atoms with E-state index in [-0.39, 0.29) is 18.1 Å². The van der Waals surface area contributed by atoms with Crippen molar-refractivity contribution in [2.75, 3.05) is 13.1 Å². The second-order valence-electron chi connectivity index (χ2n) is 6.14. The Labute approximate surface area is 142 Å². The molecule has 1 saturated heterocycles. The second-order valence-corrected chi connectivity index (χ2v) is 6.14. The first-order chi connectivity index (χ1) is 11.6. The number of rotatable bonds is 4. The number of amides is 1. The van der Waals surface area contributed by atoms with Gasteiger partial charge in [0.2, 0.25) is 0 Å². The third kappa shape index (κ3) is 4.11. The number of hydrogen-bond donors (Lipinski definition) is 0. The molecule has 2 heterocycles. The van der Waals surface area contributed by atoms with Crippen molar-refractivity contribution in [1.29, 1.82) is 0 Å². The van der Waals surface area contributed by atoms with E-state index >= 15 is 0 Å². The number of benzene rings is 1. The molecule has 0 spiro atoms. The van der Waals surface area contributed by atoms with E-state index in [0.717, 1.165) is 11.3 Å². The Kier molecular flexibility index (Phi) is 5.11. The van der Waals surface area contributed by atoms with Gasteiger partial charge in [0.1, 0.15) is 12.4 Å². The van der Waals surface area contributed by atoms with E-state index in [1.165, 1.54) is 0 Å². The lowest BCUT2D eigenvalue weighted by Gasteiger charge is -2.35. The summed E-state index contributed by atoms with van der Waals surface area (Å²) in [5.41, 5.74) is 1.73. The summed E-state index contributed by atoms with van der Waals surface area (Å²) in [6.07, 6.45) is 3.62. The molecule has 2 atom stereocenters. The van der Waals surface area contributed by atoms with E-state index in [1.54, 1.807) is 12.4 Å². The highest BCUT2D eigenvalue weighted by Gasteiger charge is 2.26. The van der Waals surface area contributed by atoms with Gasteiger partial charge in [-0.25, -0.2) is 0 Å². The summed E-state index contributed by atoms with van der Waals surface area (Å²) in [5.74, 6) is 0.782. The van der Waals surface area contributed by atoms with Gasteiger partial charge in [-0.15, -0.1) is 0 Å². The Hall–Kier alpha value is -2.40.